The molecular formula is C14H19BrClN3S. The van der Waals surface area contributed by atoms with Crippen molar-refractivity contribution in [3.8, 4) is 0 Å². The first-order valence-corrected chi connectivity index (χ1v) is 8.81. The van der Waals surface area contributed by atoms with Crippen molar-refractivity contribution >= 4 is 38.9 Å². The van der Waals surface area contributed by atoms with Crippen molar-refractivity contribution in [3.63, 3.8) is 0 Å². The average molecular weight is 377 g/mol. The minimum absolute atomic E-state index is 0.213. The van der Waals surface area contributed by atoms with Crippen LogP contribution in [0.25, 0.3) is 0 Å². The molecule has 2 aromatic rings. The van der Waals surface area contributed by atoms with Crippen LogP contribution in [0.15, 0.2) is 15.9 Å². The maximum absolute atomic E-state index is 6.26. The first kappa shape index (κ1) is 16.0. The summed E-state index contributed by atoms with van der Waals surface area (Å²) in [5.74, 6) is 0. The van der Waals surface area contributed by atoms with Crippen LogP contribution in [0.4, 0.5) is 0 Å². The van der Waals surface area contributed by atoms with E-state index in [9.17, 15) is 0 Å². The number of nitrogens with zero attached hydrogens (tertiary/aromatic N) is 2. The predicted octanol–water partition coefficient (Wildman–Crippen LogP) is 4.45. The van der Waals surface area contributed by atoms with Gasteiger partial charge in [-0.2, -0.15) is 5.10 Å². The molecule has 0 aliphatic rings. The van der Waals surface area contributed by atoms with Gasteiger partial charge in [-0.1, -0.05) is 18.5 Å². The fourth-order valence-electron chi connectivity index (χ4n) is 2.29. The molecule has 0 radical (unpaired) electrons. The molecule has 2 heterocycles. The molecular weight excluding hydrogens is 358 g/mol. The van der Waals surface area contributed by atoms with Gasteiger partial charge in [0.25, 0.3) is 0 Å². The molecule has 3 nitrogen and oxygen atoms in total. The summed E-state index contributed by atoms with van der Waals surface area (Å²) in [6.07, 6.45) is 1.81. The van der Waals surface area contributed by atoms with Crippen LogP contribution in [0.3, 0.4) is 0 Å². The van der Waals surface area contributed by atoms with Crippen molar-refractivity contribution < 1.29 is 0 Å². The third-order valence-electron chi connectivity index (χ3n) is 3.40. The summed E-state index contributed by atoms with van der Waals surface area (Å²) in [5, 5.41) is 10.9. The van der Waals surface area contributed by atoms with Crippen molar-refractivity contribution in [3.05, 3.63) is 37.2 Å². The number of thiophene rings is 1. The molecule has 0 aliphatic heterocycles. The van der Waals surface area contributed by atoms with Gasteiger partial charge >= 0.3 is 0 Å². The molecule has 0 fully saturated rings. The number of likely N-dealkylation sites (N-methyl/N-ethyl adjacent to an activating group) is 1. The van der Waals surface area contributed by atoms with Gasteiger partial charge in [0.1, 0.15) is 0 Å². The molecule has 0 saturated carbocycles. The highest BCUT2D eigenvalue weighted by Gasteiger charge is 2.21. The molecule has 0 saturated heterocycles. The average Bonchev–Trinajstić information content (AvgIpc) is 3.00. The largest absolute Gasteiger partial charge is 0.312 e. The van der Waals surface area contributed by atoms with Crippen molar-refractivity contribution in [2.75, 3.05) is 7.05 Å². The Hall–Kier alpha value is -0.360. The van der Waals surface area contributed by atoms with E-state index in [-0.39, 0.29) is 6.04 Å². The Morgan fingerprint density at radius 3 is 2.75 bits per heavy atom. The van der Waals surface area contributed by atoms with Gasteiger partial charge in [-0.3, -0.25) is 4.68 Å². The van der Waals surface area contributed by atoms with Crippen LogP contribution in [-0.4, -0.2) is 16.8 Å². The number of halogens is 2. The van der Waals surface area contributed by atoms with Crippen molar-refractivity contribution in [2.45, 2.75) is 39.3 Å². The van der Waals surface area contributed by atoms with Gasteiger partial charge in [-0.15, -0.1) is 11.3 Å². The second-order valence-electron chi connectivity index (χ2n) is 4.55. The van der Waals surface area contributed by atoms with E-state index in [1.54, 1.807) is 11.3 Å². The lowest BCUT2D eigenvalue weighted by molar-refractivity contribution is 0.545. The summed E-state index contributed by atoms with van der Waals surface area (Å²) < 4.78 is 3.21. The normalized spacial score (nSPS) is 12.8. The first-order valence-electron chi connectivity index (χ1n) is 6.76. The summed E-state index contributed by atoms with van der Waals surface area (Å²) in [5.41, 5.74) is 2.35. The molecule has 0 aromatic carbocycles. The molecule has 110 valence electrons. The molecule has 1 atom stereocenters. The molecule has 1 unspecified atom stereocenters. The van der Waals surface area contributed by atoms with E-state index in [4.69, 9.17) is 11.6 Å². The monoisotopic (exact) mass is 375 g/mol. The molecule has 0 amide bonds. The van der Waals surface area contributed by atoms with E-state index < -0.39 is 0 Å². The highest BCUT2D eigenvalue weighted by Crippen LogP contribution is 2.33. The van der Waals surface area contributed by atoms with Gasteiger partial charge in [0.05, 0.1) is 20.9 Å². The highest BCUT2D eigenvalue weighted by atomic mass is 79.9. The molecule has 2 aromatic heterocycles. The molecule has 1 N–H and O–H groups in total. The molecule has 6 heteroatoms. The predicted molar refractivity (Wildman–Crippen MR) is 89.8 cm³/mol. The summed E-state index contributed by atoms with van der Waals surface area (Å²) in [7, 11) is 1.97. The fraction of sp³-hybridized carbons (Fsp3) is 0.500. The molecule has 0 aliphatic carbocycles. The zero-order valence-electron chi connectivity index (χ0n) is 11.9. The Bertz CT molecular complexity index is 579. The Morgan fingerprint density at radius 1 is 1.50 bits per heavy atom. The SMILES string of the molecule is CCc1nn(CC)c(CC(NC)c2sccc2Cl)c1Br. The van der Waals surface area contributed by atoms with E-state index >= 15 is 0 Å². The molecule has 20 heavy (non-hydrogen) atoms. The summed E-state index contributed by atoms with van der Waals surface area (Å²) >= 11 is 11.7. The number of aryl methyl sites for hydroxylation is 2. The van der Waals surface area contributed by atoms with Gasteiger partial charge in [0.15, 0.2) is 0 Å². The topological polar surface area (TPSA) is 29.9 Å². The van der Waals surface area contributed by atoms with Gasteiger partial charge in [-0.25, -0.2) is 0 Å². The van der Waals surface area contributed by atoms with Crippen LogP contribution in [0.1, 0.15) is 36.2 Å². The van der Waals surface area contributed by atoms with Crippen LogP contribution < -0.4 is 5.32 Å². The zero-order valence-corrected chi connectivity index (χ0v) is 15.1. The maximum Gasteiger partial charge on any atom is 0.0766 e. The Labute approximate surface area is 137 Å². The van der Waals surface area contributed by atoms with Gasteiger partial charge in [-0.05, 0) is 47.8 Å². The third-order valence-corrected chi connectivity index (χ3v) is 5.79. The Morgan fingerprint density at radius 2 is 2.25 bits per heavy atom. The second kappa shape index (κ2) is 7.07. The van der Waals surface area contributed by atoms with Gasteiger partial charge < -0.3 is 5.32 Å². The molecule has 0 bridgehead atoms. The molecule has 2 rings (SSSR count). The van der Waals surface area contributed by atoms with Gasteiger partial charge in [0.2, 0.25) is 0 Å². The second-order valence-corrected chi connectivity index (χ2v) is 6.70. The van der Waals surface area contributed by atoms with Crippen molar-refractivity contribution in [1.82, 2.24) is 15.1 Å². The van der Waals surface area contributed by atoms with E-state index in [0.29, 0.717) is 0 Å². The lowest BCUT2D eigenvalue weighted by Crippen LogP contribution is -2.20. The van der Waals surface area contributed by atoms with E-state index in [1.165, 1.54) is 10.6 Å². The highest BCUT2D eigenvalue weighted by molar-refractivity contribution is 9.10. The number of hydrogen-bond acceptors (Lipinski definition) is 3. The fourth-order valence-corrected chi connectivity index (χ4v) is 4.31. The van der Waals surface area contributed by atoms with Crippen molar-refractivity contribution in [2.24, 2.45) is 0 Å². The lowest BCUT2D eigenvalue weighted by Gasteiger charge is -2.16. The summed E-state index contributed by atoms with van der Waals surface area (Å²) in [4.78, 5) is 1.18. The van der Waals surface area contributed by atoms with E-state index in [2.05, 4.69) is 44.9 Å². The standard InChI is InChI=1S/C14H19BrClN3S/c1-4-10-13(15)12(19(5-2)18-10)8-11(17-3)14-9(16)6-7-20-14/h6-7,11,17H,4-5,8H2,1-3H3. The smallest absolute Gasteiger partial charge is 0.0766 e. The number of aromatic nitrogens is 2. The van der Waals surface area contributed by atoms with Gasteiger partial charge in [0, 0.05) is 23.9 Å². The molecule has 0 spiro atoms. The Kier molecular flexibility index (Phi) is 5.66. The maximum atomic E-state index is 6.26. The summed E-state index contributed by atoms with van der Waals surface area (Å²) in [6.45, 7) is 5.12. The lowest BCUT2D eigenvalue weighted by atomic mass is 10.1. The minimum atomic E-state index is 0.213. The number of rotatable bonds is 6. The first-order chi connectivity index (χ1) is 9.62. The van der Waals surface area contributed by atoms with Crippen molar-refractivity contribution in [1.29, 1.82) is 0 Å². The van der Waals surface area contributed by atoms with Crippen LogP contribution in [0, 0.1) is 0 Å². The quantitative estimate of drug-likeness (QED) is 0.807. The zero-order chi connectivity index (χ0) is 14.7. The van der Waals surface area contributed by atoms with Crippen LogP contribution in [0.5, 0.6) is 0 Å². The van der Waals surface area contributed by atoms with Crippen LogP contribution in [-0.2, 0) is 19.4 Å². The number of nitrogens with one attached hydrogen (secondary N) is 1. The Balaban J connectivity index is 2.32. The van der Waals surface area contributed by atoms with Crippen LogP contribution >= 0.6 is 38.9 Å². The van der Waals surface area contributed by atoms with E-state index in [1.807, 2.05) is 18.5 Å². The minimum Gasteiger partial charge on any atom is -0.312 e. The third kappa shape index (κ3) is 3.11. The number of hydrogen-bond donors (Lipinski definition) is 1. The van der Waals surface area contributed by atoms with Crippen LogP contribution in [0.2, 0.25) is 5.02 Å². The van der Waals surface area contributed by atoms with E-state index in [0.717, 1.165) is 34.6 Å². The summed E-state index contributed by atoms with van der Waals surface area (Å²) in [6, 6.07) is 2.17.